The van der Waals surface area contributed by atoms with Gasteiger partial charge in [-0.1, -0.05) is 0 Å². The van der Waals surface area contributed by atoms with E-state index in [2.05, 4.69) is 9.97 Å². The van der Waals surface area contributed by atoms with E-state index in [4.69, 9.17) is 10.2 Å². The molecule has 3 aromatic rings. The van der Waals surface area contributed by atoms with Crippen molar-refractivity contribution in [3.63, 3.8) is 0 Å². The van der Waals surface area contributed by atoms with Crippen LogP contribution in [0.2, 0.25) is 0 Å². The first kappa shape index (κ1) is 12.3. The summed E-state index contributed by atoms with van der Waals surface area (Å²) in [6.07, 6.45) is 0. The van der Waals surface area contributed by atoms with E-state index in [0.717, 1.165) is 10.7 Å². The van der Waals surface area contributed by atoms with Crippen molar-refractivity contribution in [3.05, 3.63) is 34.3 Å². The van der Waals surface area contributed by atoms with Crippen molar-refractivity contribution in [2.45, 2.75) is 17.9 Å². The average Bonchev–Trinajstić information content (AvgIpc) is 2.95. The van der Waals surface area contributed by atoms with Crippen molar-refractivity contribution in [3.8, 4) is 0 Å². The fourth-order valence-electron chi connectivity index (χ4n) is 1.69. The number of benzene rings is 1. The fourth-order valence-corrected chi connectivity index (χ4v) is 3.33. The third-order valence-corrected chi connectivity index (χ3v) is 4.48. The summed E-state index contributed by atoms with van der Waals surface area (Å²) in [6.45, 7) is 1.92. The molecular weight excluding hydrogens is 282 g/mol. The van der Waals surface area contributed by atoms with Crippen molar-refractivity contribution in [2.24, 2.45) is 0 Å². The van der Waals surface area contributed by atoms with Crippen molar-refractivity contribution in [2.75, 3.05) is 5.73 Å². The predicted molar refractivity (Wildman–Crippen MR) is 75.4 cm³/mol. The molecule has 5 nitrogen and oxygen atoms in total. The number of oxazole rings is 1. The molecule has 1 unspecified atom stereocenters. The van der Waals surface area contributed by atoms with Crippen molar-refractivity contribution >= 4 is 38.9 Å². The molecule has 2 N–H and O–H groups in total. The van der Waals surface area contributed by atoms with Crippen molar-refractivity contribution in [1.29, 1.82) is 0 Å². The second kappa shape index (κ2) is 4.75. The van der Waals surface area contributed by atoms with E-state index < -0.39 is 10.8 Å². The highest BCUT2D eigenvalue weighted by Gasteiger charge is 2.14. The van der Waals surface area contributed by atoms with E-state index in [1.54, 1.807) is 18.2 Å². The van der Waals surface area contributed by atoms with Crippen LogP contribution in [0.1, 0.15) is 10.7 Å². The molecule has 7 heteroatoms. The highest BCUT2D eigenvalue weighted by Crippen LogP contribution is 2.21. The van der Waals surface area contributed by atoms with E-state index in [0.29, 0.717) is 22.5 Å². The molecule has 1 atom stereocenters. The van der Waals surface area contributed by atoms with Crippen molar-refractivity contribution in [1.82, 2.24) is 9.97 Å². The molecule has 19 heavy (non-hydrogen) atoms. The first-order valence-electron chi connectivity index (χ1n) is 5.57. The lowest BCUT2D eigenvalue weighted by atomic mass is 10.3. The number of fused-ring (bicyclic) bond motifs is 1. The number of aryl methyl sites for hydroxylation is 1. The smallest absolute Gasteiger partial charge is 0.288 e. The Morgan fingerprint density at radius 2 is 2.26 bits per heavy atom. The van der Waals surface area contributed by atoms with Gasteiger partial charge in [-0.25, -0.2) is 14.2 Å². The quantitative estimate of drug-likeness (QED) is 0.750. The molecule has 0 bridgehead atoms. The van der Waals surface area contributed by atoms with Crippen LogP contribution < -0.4 is 5.73 Å². The number of hydrogen-bond donors (Lipinski definition) is 1. The largest absolute Gasteiger partial charge is 0.430 e. The van der Waals surface area contributed by atoms with Gasteiger partial charge < -0.3 is 10.2 Å². The van der Waals surface area contributed by atoms with Gasteiger partial charge in [-0.2, -0.15) is 0 Å². The van der Waals surface area contributed by atoms with Crippen LogP contribution in [0.15, 0.2) is 33.2 Å². The number of nitrogen functional groups attached to an aromatic ring is 1. The van der Waals surface area contributed by atoms with Gasteiger partial charge in [-0.15, -0.1) is 11.3 Å². The SMILES string of the molecule is Cc1nc(CS(=O)c2nc3cc(N)ccc3o2)cs1. The van der Waals surface area contributed by atoms with Crippen molar-refractivity contribution < 1.29 is 8.63 Å². The van der Waals surface area contributed by atoms with Gasteiger partial charge in [-0.05, 0) is 25.1 Å². The minimum atomic E-state index is -1.33. The van der Waals surface area contributed by atoms with Crippen LogP contribution in [-0.2, 0) is 16.6 Å². The molecule has 0 fully saturated rings. The van der Waals surface area contributed by atoms with Gasteiger partial charge in [-0.3, -0.25) is 0 Å². The monoisotopic (exact) mass is 293 g/mol. The minimum absolute atomic E-state index is 0.214. The molecule has 0 aliphatic rings. The number of rotatable bonds is 3. The molecule has 0 aliphatic carbocycles. The Balaban J connectivity index is 1.89. The van der Waals surface area contributed by atoms with Gasteiger partial charge in [0.2, 0.25) is 0 Å². The molecule has 3 rings (SSSR count). The normalized spacial score (nSPS) is 12.9. The van der Waals surface area contributed by atoms with Crippen LogP contribution in [-0.4, -0.2) is 14.2 Å². The van der Waals surface area contributed by atoms with Gasteiger partial charge in [0.25, 0.3) is 5.22 Å². The summed E-state index contributed by atoms with van der Waals surface area (Å²) in [7, 11) is -1.33. The van der Waals surface area contributed by atoms with Gasteiger partial charge in [0, 0.05) is 11.1 Å². The number of aromatic nitrogens is 2. The summed E-state index contributed by atoms with van der Waals surface area (Å²) >= 11 is 1.54. The number of thiazole rings is 1. The summed E-state index contributed by atoms with van der Waals surface area (Å²) in [4.78, 5) is 8.49. The molecule has 0 amide bonds. The Bertz CT molecular complexity index is 763. The van der Waals surface area contributed by atoms with E-state index in [1.165, 1.54) is 11.3 Å². The molecular formula is C12H11N3O2S2. The topological polar surface area (TPSA) is 82.0 Å². The Hall–Kier alpha value is -1.73. The van der Waals surface area contributed by atoms with Crippen LogP contribution in [0.5, 0.6) is 0 Å². The molecule has 0 saturated carbocycles. The van der Waals surface area contributed by atoms with E-state index in [-0.39, 0.29) is 5.22 Å². The van der Waals surface area contributed by atoms with Crippen LogP contribution in [0, 0.1) is 6.92 Å². The van der Waals surface area contributed by atoms with Gasteiger partial charge in [0.15, 0.2) is 5.58 Å². The Kier molecular flexibility index (Phi) is 3.08. The average molecular weight is 293 g/mol. The lowest BCUT2D eigenvalue weighted by Gasteiger charge is -1.92. The summed E-state index contributed by atoms with van der Waals surface area (Å²) < 4.78 is 17.6. The lowest BCUT2D eigenvalue weighted by molar-refractivity contribution is 0.477. The summed E-state index contributed by atoms with van der Waals surface area (Å²) in [5.74, 6) is 0.312. The molecule has 2 heterocycles. The molecule has 0 saturated heterocycles. The molecule has 0 spiro atoms. The third kappa shape index (κ3) is 2.52. The van der Waals surface area contributed by atoms with E-state index in [1.807, 2.05) is 12.3 Å². The minimum Gasteiger partial charge on any atom is -0.430 e. The lowest BCUT2D eigenvalue weighted by Crippen LogP contribution is -1.97. The maximum absolute atomic E-state index is 12.2. The molecule has 0 radical (unpaired) electrons. The second-order valence-electron chi connectivity index (χ2n) is 4.05. The zero-order valence-corrected chi connectivity index (χ0v) is 11.8. The van der Waals surface area contributed by atoms with Crippen LogP contribution in [0.3, 0.4) is 0 Å². The van der Waals surface area contributed by atoms with E-state index in [9.17, 15) is 4.21 Å². The Morgan fingerprint density at radius 1 is 1.42 bits per heavy atom. The Labute approximate surface area is 115 Å². The number of hydrogen-bond acceptors (Lipinski definition) is 6. The number of nitrogens with zero attached hydrogens (tertiary/aromatic N) is 2. The number of anilines is 1. The fraction of sp³-hybridized carbons (Fsp3) is 0.167. The standard InChI is InChI=1S/C12H11N3O2S2/c1-7-14-9(5-18-7)6-19(16)12-15-10-4-8(13)2-3-11(10)17-12/h2-5H,6,13H2,1H3. The molecule has 1 aromatic carbocycles. The summed E-state index contributed by atoms with van der Waals surface area (Å²) in [5, 5.41) is 3.07. The molecule has 2 aromatic heterocycles. The molecule has 0 aliphatic heterocycles. The van der Waals surface area contributed by atoms with E-state index >= 15 is 0 Å². The first-order valence-corrected chi connectivity index (χ1v) is 7.77. The van der Waals surface area contributed by atoms with Gasteiger partial charge in [0.1, 0.15) is 16.3 Å². The first-order chi connectivity index (χ1) is 9.11. The molecule has 98 valence electrons. The third-order valence-electron chi connectivity index (χ3n) is 2.53. The van der Waals surface area contributed by atoms with Gasteiger partial charge >= 0.3 is 0 Å². The highest BCUT2D eigenvalue weighted by molar-refractivity contribution is 7.84. The highest BCUT2D eigenvalue weighted by atomic mass is 32.2. The van der Waals surface area contributed by atoms with Gasteiger partial charge in [0.05, 0.1) is 16.5 Å². The number of nitrogens with two attached hydrogens (primary N) is 1. The predicted octanol–water partition coefficient (Wildman–Crippen LogP) is 2.48. The second-order valence-corrected chi connectivity index (χ2v) is 6.45. The summed E-state index contributed by atoms with van der Waals surface area (Å²) in [5.41, 5.74) is 8.28. The Morgan fingerprint density at radius 3 is 3.00 bits per heavy atom. The van der Waals surface area contributed by atoms with Crippen LogP contribution >= 0.6 is 11.3 Å². The van der Waals surface area contributed by atoms with Crippen LogP contribution in [0.25, 0.3) is 11.1 Å². The zero-order valence-electron chi connectivity index (χ0n) is 10.1. The summed E-state index contributed by atoms with van der Waals surface area (Å²) in [6, 6.07) is 5.15. The van der Waals surface area contributed by atoms with Crippen LogP contribution in [0.4, 0.5) is 5.69 Å². The zero-order chi connectivity index (χ0) is 13.4. The maximum atomic E-state index is 12.2. The maximum Gasteiger partial charge on any atom is 0.288 e.